The van der Waals surface area contributed by atoms with Crippen molar-refractivity contribution < 1.29 is 19.4 Å². The van der Waals surface area contributed by atoms with Gasteiger partial charge in [-0.05, 0) is 30.2 Å². The molecule has 130 valence electrons. The van der Waals surface area contributed by atoms with Crippen molar-refractivity contribution in [3.05, 3.63) is 47.4 Å². The molecule has 0 bridgehead atoms. The summed E-state index contributed by atoms with van der Waals surface area (Å²) in [6.45, 7) is 1.13. The maximum atomic E-state index is 12.0. The van der Waals surface area contributed by atoms with Crippen LogP contribution < -0.4 is 0 Å². The Morgan fingerprint density at radius 1 is 1.24 bits per heavy atom. The molecule has 2 aromatic rings. The van der Waals surface area contributed by atoms with Gasteiger partial charge < -0.3 is 14.7 Å². The molecule has 0 unspecified atom stereocenters. The molecular weight excluding hydrogens is 322 g/mol. The molecule has 7 heteroatoms. The van der Waals surface area contributed by atoms with Gasteiger partial charge in [-0.25, -0.2) is 4.79 Å². The molecule has 1 aliphatic rings. The largest absolute Gasteiger partial charge is 0.478 e. The first-order chi connectivity index (χ1) is 12.1. The Labute approximate surface area is 145 Å². The third-order valence-electron chi connectivity index (χ3n) is 4.27. The van der Waals surface area contributed by atoms with Crippen molar-refractivity contribution in [3.63, 3.8) is 0 Å². The second-order valence-corrected chi connectivity index (χ2v) is 5.85. The number of aromatic nitrogens is 2. The van der Waals surface area contributed by atoms with Gasteiger partial charge in [0.2, 0.25) is 5.91 Å². The first-order valence-corrected chi connectivity index (χ1v) is 8.03. The second kappa shape index (κ2) is 7.40. The molecule has 1 aliphatic heterocycles. The van der Waals surface area contributed by atoms with Crippen LogP contribution in [-0.4, -0.2) is 58.7 Å². The highest BCUT2D eigenvalue weighted by molar-refractivity contribution is 5.95. The van der Waals surface area contributed by atoms with Crippen molar-refractivity contribution in [1.82, 2.24) is 14.9 Å². The summed E-state index contributed by atoms with van der Waals surface area (Å²) >= 11 is 0. The molecule has 0 radical (unpaired) electrons. The lowest BCUT2D eigenvalue weighted by Gasteiger charge is -2.19. The maximum absolute atomic E-state index is 12.0. The van der Waals surface area contributed by atoms with E-state index in [1.54, 1.807) is 35.5 Å². The van der Waals surface area contributed by atoms with Gasteiger partial charge in [-0.1, -0.05) is 0 Å². The smallest absolute Gasteiger partial charge is 0.337 e. The zero-order chi connectivity index (χ0) is 17.8. The fourth-order valence-electron chi connectivity index (χ4n) is 2.99. The van der Waals surface area contributed by atoms with E-state index in [4.69, 9.17) is 4.74 Å². The molecule has 7 nitrogen and oxygen atoms in total. The lowest BCUT2D eigenvalue weighted by atomic mass is 10.0. The number of carboxylic acid groups (broad SMARTS) is 1. The summed E-state index contributed by atoms with van der Waals surface area (Å²) in [6.07, 6.45) is 4.39. The van der Waals surface area contributed by atoms with E-state index in [1.165, 1.54) is 7.11 Å². The van der Waals surface area contributed by atoms with Crippen LogP contribution in [0.3, 0.4) is 0 Å². The number of amides is 1. The molecule has 0 spiro atoms. The monoisotopic (exact) mass is 341 g/mol. The maximum Gasteiger partial charge on any atom is 0.337 e. The summed E-state index contributed by atoms with van der Waals surface area (Å²) in [5, 5.41) is 9.57. The summed E-state index contributed by atoms with van der Waals surface area (Å²) in [4.78, 5) is 34.1. The Kier molecular flexibility index (Phi) is 5.04. The number of carbonyl (C=O) groups is 2. The normalized spacial score (nSPS) is 13.9. The minimum atomic E-state index is -1.02. The number of aromatic carboxylic acids is 1. The number of hydrogen-bond acceptors (Lipinski definition) is 5. The number of carboxylic acids is 1. The Morgan fingerprint density at radius 3 is 2.64 bits per heavy atom. The molecule has 0 atom stereocenters. The van der Waals surface area contributed by atoms with E-state index in [-0.39, 0.29) is 18.1 Å². The first kappa shape index (κ1) is 17.0. The zero-order valence-corrected chi connectivity index (χ0v) is 13.9. The molecule has 0 aromatic carbocycles. The minimum Gasteiger partial charge on any atom is -0.478 e. The van der Waals surface area contributed by atoms with Gasteiger partial charge in [0.15, 0.2) is 0 Å². The summed E-state index contributed by atoms with van der Waals surface area (Å²) in [7, 11) is 1.49. The molecule has 3 rings (SSSR count). The average Bonchev–Trinajstić information content (AvgIpc) is 2.83. The van der Waals surface area contributed by atoms with Crippen LogP contribution in [0.25, 0.3) is 11.3 Å². The fourth-order valence-corrected chi connectivity index (χ4v) is 2.99. The summed E-state index contributed by atoms with van der Waals surface area (Å²) in [5.41, 5.74) is 3.03. The molecule has 1 amide bonds. The average molecular weight is 341 g/mol. The number of fused-ring (bicyclic) bond motifs is 1. The van der Waals surface area contributed by atoms with E-state index in [2.05, 4.69) is 9.97 Å². The minimum absolute atomic E-state index is 0.0480. The molecule has 2 aromatic heterocycles. The van der Waals surface area contributed by atoms with E-state index >= 15 is 0 Å². The van der Waals surface area contributed by atoms with Gasteiger partial charge in [0, 0.05) is 50.3 Å². The van der Waals surface area contributed by atoms with Gasteiger partial charge in [-0.2, -0.15) is 0 Å². The summed E-state index contributed by atoms with van der Waals surface area (Å²) in [5.74, 6) is -1.08. The molecule has 1 N–H and O–H groups in total. The number of hydrogen-bond donors (Lipinski definition) is 1. The standard InChI is InChI=1S/C18H19N3O4/c1-25-11-16(22)21-8-4-13-10-14(18(23)24)17(20-15(13)5-9-21)12-2-6-19-7-3-12/h2-3,6-7,10H,4-5,8-9,11H2,1H3,(H,23,24). The highest BCUT2D eigenvalue weighted by Crippen LogP contribution is 2.26. The predicted molar refractivity (Wildman–Crippen MR) is 90.3 cm³/mol. The van der Waals surface area contributed by atoms with Gasteiger partial charge in [0.25, 0.3) is 0 Å². The van der Waals surface area contributed by atoms with Gasteiger partial charge in [-0.3, -0.25) is 14.8 Å². The topological polar surface area (TPSA) is 92.6 Å². The third kappa shape index (κ3) is 3.66. The van der Waals surface area contributed by atoms with E-state index < -0.39 is 5.97 Å². The van der Waals surface area contributed by atoms with Crippen molar-refractivity contribution >= 4 is 11.9 Å². The molecule has 0 aliphatic carbocycles. The van der Waals surface area contributed by atoms with Crippen molar-refractivity contribution in [3.8, 4) is 11.3 Å². The van der Waals surface area contributed by atoms with Crippen LogP contribution in [0.1, 0.15) is 21.6 Å². The van der Waals surface area contributed by atoms with E-state index in [1.807, 2.05) is 0 Å². The highest BCUT2D eigenvalue weighted by atomic mass is 16.5. The molecular formula is C18H19N3O4. The third-order valence-corrected chi connectivity index (χ3v) is 4.27. The van der Waals surface area contributed by atoms with Crippen molar-refractivity contribution in [2.75, 3.05) is 26.8 Å². The summed E-state index contributed by atoms with van der Waals surface area (Å²) in [6, 6.07) is 5.17. The molecule has 0 fully saturated rings. The molecule has 25 heavy (non-hydrogen) atoms. The lowest BCUT2D eigenvalue weighted by molar-refractivity contribution is -0.135. The van der Waals surface area contributed by atoms with E-state index in [0.717, 1.165) is 11.3 Å². The number of pyridine rings is 2. The molecule has 0 saturated carbocycles. The second-order valence-electron chi connectivity index (χ2n) is 5.85. The Morgan fingerprint density at radius 2 is 1.96 bits per heavy atom. The molecule has 3 heterocycles. The summed E-state index contributed by atoms with van der Waals surface area (Å²) < 4.78 is 4.91. The van der Waals surface area contributed by atoms with E-state index in [9.17, 15) is 14.7 Å². The highest BCUT2D eigenvalue weighted by Gasteiger charge is 2.23. The number of rotatable bonds is 4. The Bertz CT molecular complexity index is 792. The van der Waals surface area contributed by atoms with Crippen LogP contribution in [0.2, 0.25) is 0 Å². The number of methoxy groups -OCH3 is 1. The van der Waals surface area contributed by atoms with Crippen molar-refractivity contribution in [2.24, 2.45) is 0 Å². The Hall–Kier alpha value is -2.80. The number of ether oxygens (including phenoxy) is 1. The van der Waals surface area contributed by atoms with Gasteiger partial charge in [0.1, 0.15) is 6.61 Å². The van der Waals surface area contributed by atoms with Crippen LogP contribution in [0.15, 0.2) is 30.6 Å². The van der Waals surface area contributed by atoms with Crippen LogP contribution in [0.4, 0.5) is 0 Å². The first-order valence-electron chi connectivity index (χ1n) is 8.03. The van der Waals surface area contributed by atoms with E-state index in [0.29, 0.717) is 37.2 Å². The predicted octanol–water partition coefficient (Wildman–Crippen LogP) is 1.42. The Balaban J connectivity index is 1.96. The lowest BCUT2D eigenvalue weighted by Crippen LogP contribution is -2.35. The zero-order valence-electron chi connectivity index (χ0n) is 13.9. The van der Waals surface area contributed by atoms with Crippen LogP contribution >= 0.6 is 0 Å². The SMILES string of the molecule is COCC(=O)N1CCc2cc(C(=O)O)c(-c3ccncc3)nc2CC1. The van der Waals surface area contributed by atoms with Gasteiger partial charge in [-0.15, -0.1) is 0 Å². The quantitative estimate of drug-likeness (QED) is 0.904. The number of carbonyl (C=O) groups excluding carboxylic acids is 1. The van der Waals surface area contributed by atoms with Gasteiger partial charge in [0.05, 0.1) is 11.3 Å². The fraction of sp³-hybridized carbons (Fsp3) is 0.333. The molecule has 0 saturated heterocycles. The number of nitrogens with zero attached hydrogens (tertiary/aromatic N) is 3. The van der Waals surface area contributed by atoms with Gasteiger partial charge >= 0.3 is 5.97 Å². The van der Waals surface area contributed by atoms with Crippen LogP contribution in [0, 0.1) is 0 Å². The van der Waals surface area contributed by atoms with Crippen molar-refractivity contribution in [1.29, 1.82) is 0 Å². The van der Waals surface area contributed by atoms with Crippen molar-refractivity contribution in [2.45, 2.75) is 12.8 Å². The van der Waals surface area contributed by atoms with Crippen LogP contribution in [-0.2, 0) is 22.4 Å². The van der Waals surface area contributed by atoms with Crippen LogP contribution in [0.5, 0.6) is 0 Å².